The van der Waals surface area contributed by atoms with Crippen LogP contribution in [0, 0.1) is 5.92 Å². The fourth-order valence-corrected chi connectivity index (χ4v) is 5.09. The van der Waals surface area contributed by atoms with Gasteiger partial charge in [0.25, 0.3) is 0 Å². The zero-order valence-corrected chi connectivity index (χ0v) is 20.0. The van der Waals surface area contributed by atoms with Gasteiger partial charge in [-0.25, -0.2) is 9.59 Å². The van der Waals surface area contributed by atoms with Crippen molar-refractivity contribution in [3.63, 3.8) is 0 Å². The highest BCUT2D eigenvalue weighted by molar-refractivity contribution is 5.92. The summed E-state index contributed by atoms with van der Waals surface area (Å²) in [4.78, 5) is 55.8. The number of hydrogen-bond acceptors (Lipinski definition) is 6. The molecule has 3 amide bonds. The Kier molecular flexibility index (Phi) is 6.49. The van der Waals surface area contributed by atoms with Crippen molar-refractivity contribution >= 4 is 34.7 Å². The van der Waals surface area contributed by atoms with Crippen LogP contribution in [-0.4, -0.2) is 58.9 Å². The lowest BCUT2D eigenvalue weighted by Crippen LogP contribution is -2.51. The van der Waals surface area contributed by atoms with Crippen molar-refractivity contribution in [2.75, 3.05) is 25.5 Å². The number of benzene rings is 2. The first-order chi connectivity index (χ1) is 17.4. The summed E-state index contributed by atoms with van der Waals surface area (Å²) in [5, 5.41) is 2.95. The first-order valence-corrected chi connectivity index (χ1v) is 12.0. The number of piperidine rings is 1. The predicted molar refractivity (Wildman–Crippen MR) is 131 cm³/mol. The van der Waals surface area contributed by atoms with Crippen molar-refractivity contribution in [2.24, 2.45) is 5.92 Å². The van der Waals surface area contributed by atoms with Crippen molar-refractivity contribution in [1.82, 2.24) is 14.8 Å². The lowest BCUT2D eigenvalue weighted by molar-refractivity contribution is -0.149. The van der Waals surface area contributed by atoms with Gasteiger partial charge in [-0.2, -0.15) is 0 Å². The van der Waals surface area contributed by atoms with E-state index in [9.17, 15) is 19.2 Å². The van der Waals surface area contributed by atoms with Crippen LogP contribution in [0.25, 0.3) is 11.1 Å². The highest BCUT2D eigenvalue weighted by atomic mass is 16.5. The summed E-state index contributed by atoms with van der Waals surface area (Å²) in [5.74, 6) is -1.78. The van der Waals surface area contributed by atoms with Crippen molar-refractivity contribution in [3.8, 4) is 0 Å². The summed E-state index contributed by atoms with van der Waals surface area (Å²) in [6.45, 7) is 1.59. The number of ether oxygens (including phenoxy) is 1. The molecule has 188 valence electrons. The summed E-state index contributed by atoms with van der Waals surface area (Å²) in [5.41, 5.74) is 3.66. The van der Waals surface area contributed by atoms with Crippen molar-refractivity contribution < 1.29 is 23.5 Å². The monoisotopic (exact) mass is 492 g/mol. The summed E-state index contributed by atoms with van der Waals surface area (Å²) >= 11 is 0. The molecule has 0 radical (unpaired) electrons. The van der Waals surface area contributed by atoms with E-state index in [0.29, 0.717) is 43.6 Å². The number of esters is 1. The molecule has 1 fully saturated rings. The Labute approximate surface area is 207 Å². The molecule has 5 rings (SSSR count). The number of hydrogen-bond donors (Lipinski definition) is 2. The van der Waals surface area contributed by atoms with Gasteiger partial charge in [-0.3, -0.25) is 14.6 Å². The number of carbonyl (C=O) groups excluding carboxylic acids is 3. The smallest absolute Gasteiger partial charge is 0.417 e. The van der Waals surface area contributed by atoms with Crippen LogP contribution in [0.1, 0.15) is 30.4 Å². The Morgan fingerprint density at radius 2 is 1.92 bits per heavy atom. The van der Waals surface area contributed by atoms with E-state index >= 15 is 0 Å². The quantitative estimate of drug-likeness (QED) is 0.510. The zero-order valence-electron chi connectivity index (χ0n) is 20.0. The Hall–Kier alpha value is -4.08. The number of carbonyl (C=O) groups is 3. The average Bonchev–Trinajstić information content (AvgIpc) is 3.26. The maximum absolute atomic E-state index is 13.1. The molecular weight excluding hydrogens is 464 g/mol. The number of H-pyrrole nitrogens is 1. The minimum absolute atomic E-state index is 0.0179. The largest absolute Gasteiger partial charge is 0.469 e. The van der Waals surface area contributed by atoms with E-state index in [1.165, 1.54) is 7.11 Å². The summed E-state index contributed by atoms with van der Waals surface area (Å²) in [6, 6.07) is 12.9. The van der Waals surface area contributed by atoms with Gasteiger partial charge in [0.2, 0.25) is 5.91 Å². The number of anilines is 1. The van der Waals surface area contributed by atoms with E-state index < -0.39 is 17.6 Å². The van der Waals surface area contributed by atoms with E-state index in [1.54, 1.807) is 23.1 Å². The number of para-hydroxylation sites is 1. The van der Waals surface area contributed by atoms with Crippen molar-refractivity contribution in [1.29, 1.82) is 0 Å². The molecular formula is C26H28N4O6. The molecule has 2 aliphatic rings. The van der Waals surface area contributed by atoms with Gasteiger partial charge in [-0.1, -0.05) is 24.3 Å². The highest BCUT2D eigenvalue weighted by Gasteiger charge is 2.34. The summed E-state index contributed by atoms with van der Waals surface area (Å²) in [6.07, 6.45) is 1.65. The number of oxazole rings is 1. The fourth-order valence-electron chi connectivity index (χ4n) is 5.09. The molecule has 3 aromatic rings. The average molecular weight is 493 g/mol. The number of nitrogens with zero attached hydrogens (tertiary/aromatic N) is 2. The SMILES string of the molecule is COC(=O)C(CC(=O)N1CCC(N2Cc3ccccc3NC2=O)CC1)Cc1ccc2[nH]c(=O)oc2c1. The molecule has 1 atom stereocenters. The molecule has 0 spiro atoms. The van der Waals surface area contributed by atoms with E-state index in [4.69, 9.17) is 9.15 Å². The molecule has 1 aromatic heterocycles. The second-order valence-electron chi connectivity index (χ2n) is 9.30. The van der Waals surface area contributed by atoms with Gasteiger partial charge in [0.05, 0.1) is 18.5 Å². The Morgan fingerprint density at radius 1 is 1.14 bits per heavy atom. The number of nitrogens with one attached hydrogen (secondary N) is 2. The molecule has 1 saturated heterocycles. The minimum atomic E-state index is -0.660. The van der Waals surface area contributed by atoms with Crippen LogP contribution >= 0.6 is 0 Å². The van der Waals surface area contributed by atoms with Crippen LogP contribution in [0.5, 0.6) is 0 Å². The Balaban J connectivity index is 1.20. The molecule has 2 aromatic carbocycles. The van der Waals surface area contributed by atoms with E-state index in [2.05, 4.69) is 10.3 Å². The lowest BCUT2D eigenvalue weighted by Gasteiger charge is -2.40. The molecule has 0 bridgehead atoms. The zero-order chi connectivity index (χ0) is 25.2. The van der Waals surface area contributed by atoms with E-state index in [1.807, 2.05) is 29.2 Å². The molecule has 2 aliphatic heterocycles. The van der Waals surface area contributed by atoms with Crippen LogP contribution in [0.3, 0.4) is 0 Å². The van der Waals surface area contributed by atoms with Gasteiger partial charge in [0.1, 0.15) is 0 Å². The molecule has 0 aliphatic carbocycles. The van der Waals surface area contributed by atoms with Crippen LogP contribution in [0.4, 0.5) is 10.5 Å². The normalized spacial score (nSPS) is 17.0. The van der Waals surface area contributed by atoms with Gasteiger partial charge in [0.15, 0.2) is 5.58 Å². The molecule has 3 heterocycles. The van der Waals surface area contributed by atoms with Gasteiger partial charge < -0.3 is 24.3 Å². The third kappa shape index (κ3) is 4.84. The number of fused-ring (bicyclic) bond motifs is 2. The second-order valence-corrected chi connectivity index (χ2v) is 9.30. The highest BCUT2D eigenvalue weighted by Crippen LogP contribution is 2.28. The predicted octanol–water partition coefficient (Wildman–Crippen LogP) is 2.88. The number of amides is 3. The number of aromatic amines is 1. The number of methoxy groups -OCH3 is 1. The van der Waals surface area contributed by atoms with E-state index in [-0.39, 0.29) is 30.8 Å². The molecule has 10 heteroatoms. The minimum Gasteiger partial charge on any atom is -0.469 e. The number of rotatable bonds is 6. The lowest BCUT2D eigenvalue weighted by atomic mass is 9.94. The van der Waals surface area contributed by atoms with Crippen LogP contribution in [-0.2, 0) is 27.3 Å². The molecule has 1 unspecified atom stereocenters. The Bertz CT molecular complexity index is 1350. The van der Waals surface area contributed by atoms with Gasteiger partial charge in [0, 0.05) is 37.8 Å². The van der Waals surface area contributed by atoms with Crippen LogP contribution in [0.15, 0.2) is 51.7 Å². The topological polar surface area (TPSA) is 125 Å². The van der Waals surface area contributed by atoms with Gasteiger partial charge in [-0.15, -0.1) is 0 Å². The second kappa shape index (κ2) is 9.88. The first kappa shape index (κ1) is 23.7. The molecule has 0 saturated carbocycles. The first-order valence-electron chi connectivity index (χ1n) is 12.0. The summed E-state index contributed by atoms with van der Waals surface area (Å²) < 4.78 is 10.1. The molecule has 36 heavy (non-hydrogen) atoms. The third-order valence-corrected chi connectivity index (χ3v) is 7.04. The third-order valence-electron chi connectivity index (χ3n) is 7.04. The fraction of sp³-hybridized carbons (Fsp3) is 0.385. The number of urea groups is 1. The number of likely N-dealkylation sites (tertiary alicyclic amines) is 1. The van der Waals surface area contributed by atoms with E-state index in [0.717, 1.165) is 16.8 Å². The van der Waals surface area contributed by atoms with Crippen LogP contribution in [0.2, 0.25) is 0 Å². The maximum atomic E-state index is 13.1. The van der Waals surface area contributed by atoms with Gasteiger partial charge in [-0.05, 0) is 48.6 Å². The summed E-state index contributed by atoms with van der Waals surface area (Å²) in [7, 11) is 1.31. The van der Waals surface area contributed by atoms with Crippen molar-refractivity contribution in [2.45, 2.75) is 38.3 Å². The van der Waals surface area contributed by atoms with Gasteiger partial charge >= 0.3 is 17.8 Å². The Morgan fingerprint density at radius 3 is 2.69 bits per heavy atom. The molecule has 10 nitrogen and oxygen atoms in total. The van der Waals surface area contributed by atoms with Crippen molar-refractivity contribution in [3.05, 3.63) is 64.1 Å². The number of aromatic nitrogens is 1. The maximum Gasteiger partial charge on any atom is 0.417 e. The molecule has 2 N–H and O–H groups in total. The van der Waals surface area contributed by atoms with Crippen LogP contribution < -0.4 is 11.1 Å². The standard InChI is InChI=1S/C26H28N4O6/c1-35-24(32)18(12-16-6-7-21-22(13-16)36-26(34)28-21)14-23(31)29-10-8-19(9-11-29)30-15-17-4-2-3-5-20(17)27-25(30)33/h2-7,13,18-19H,8-12,14-15H2,1H3,(H,27,33)(H,28,34).